The van der Waals surface area contributed by atoms with Gasteiger partial charge >= 0.3 is 11.9 Å². The number of carboxylic acids is 1. The first-order valence-corrected chi connectivity index (χ1v) is 11.5. The summed E-state index contributed by atoms with van der Waals surface area (Å²) < 4.78 is 11.1. The summed E-state index contributed by atoms with van der Waals surface area (Å²) in [6.07, 6.45) is 2.58. The van der Waals surface area contributed by atoms with Gasteiger partial charge in [-0.25, -0.2) is 4.79 Å². The topological polar surface area (TPSA) is 135 Å². The molecule has 34 heavy (non-hydrogen) atoms. The molecule has 0 aliphatic rings. The Bertz CT molecular complexity index is 1000. The van der Waals surface area contributed by atoms with E-state index in [4.69, 9.17) is 20.6 Å². The molecule has 0 bridgehead atoms. The van der Waals surface area contributed by atoms with Gasteiger partial charge in [0.1, 0.15) is 24.8 Å². The van der Waals surface area contributed by atoms with Gasteiger partial charge < -0.3 is 25.6 Å². The van der Waals surface area contributed by atoms with E-state index in [-0.39, 0.29) is 25.0 Å². The maximum atomic E-state index is 12.4. The van der Waals surface area contributed by atoms with E-state index in [1.165, 1.54) is 6.92 Å². The lowest BCUT2D eigenvalue weighted by Gasteiger charge is -2.25. The van der Waals surface area contributed by atoms with E-state index in [1.807, 2.05) is 6.07 Å². The summed E-state index contributed by atoms with van der Waals surface area (Å²) in [6.45, 7) is 7.75. The first kappa shape index (κ1) is 26.7. The van der Waals surface area contributed by atoms with Gasteiger partial charge in [-0.1, -0.05) is 33.3 Å². The maximum Gasteiger partial charge on any atom is 0.330 e. The van der Waals surface area contributed by atoms with Crippen LogP contribution in [0.3, 0.4) is 0 Å². The SMILES string of the molecule is CCCc1cc(C(C)CC)c(OCCOC(C)=O)c(C(Nc2ccc(C(=N)N)cc2)C(=O)O)c1. The van der Waals surface area contributed by atoms with Gasteiger partial charge in [0.05, 0.1) is 0 Å². The lowest BCUT2D eigenvalue weighted by molar-refractivity contribution is -0.141. The Labute approximate surface area is 201 Å². The van der Waals surface area contributed by atoms with E-state index in [2.05, 4.69) is 32.2 Å². The first-order chi connectivity index (χ1) is 16.2. The van der Waals surface area contributed by atoms with Crippen LogP contribution in [0.5, 0.6) is 5.75 Å². The van der Waals surface area contributed by atoms with Gasteiger partial charge in [-0.15, -0.1) is 0 Å². The predicted molar refractivity (Wildman–Crippen MR) is 133 cm³/mol. The molecule has 2 aromatic rings. The standard InChI is InChI=1S/C26H35N3O5/c1-5-7-18-14-21(16(3)6-2)24(34-13-12-33-17(4)30)22(15-18)23(26(31)32)29-20-10-8-19(9-11-20)25(27)28/h8-11,14-16,23,29H,5-7,12-13H2,1-4H3,(H3,27,28)(H,31,32). The molecule has 0 saturated carbocycles. The second kappa shape index (κ2) is 12.6. The zero-order chi connectivity index (χ0) is 25.3. The van der Waals surface area contributed by atoms with E-state index in [9.17, 15) is 14.7 Å². The summed E-state index contributed by atoms with van der Waals surface area (Å²) >= 11 is 0. The summed E-state index contributed by atoms with van der Waals surface area (Å²) in [5.74, 6) is -0.868. The molecule has 184 valence electrons. The lowest BCUT2D eigenvalue weighted by atomic mass is 9.89. The second-order valence-electron chi connectivity index (χ2n) is 8.26. The van der Waals surface area contributed by atoms with Crippen LogP contribution in [0.25, 0.3) is 0 Å². The number of benzene rings is 2. The molecule has 2 aromatic carbocycles. The molecule has 5 N–H and O–H groups in total. The minimum atomic E-state index is -1.08. The first-order valence-electron chi connectivity index (χ1n) is 11.5. The van der Waals surface area contributed by atoms with Crippen molar-refractivity contribution in [2.45, 2.75) is 58.9 Å². The van der Waals surface area contributed by atoms with Crippen molar-refractivity contribution >= 4 is 23.5 Å². The minimum Gasteiger partial charge on any atom is -0.489 e. The van der Waals surface area contributed by atoms with Crippen LogP contribution >= 0.6 is 0 Å². The van der Waals surface area contributed by atoms with Crippen LogP contribution in [0.4, 0.5) is 5.69 Å². The van der Waals surface area contributed by atoms with Crippen LogP contribution in [0.15, 0.2) is 36.4 Å². The molecule has 0 heterocycles. The highest BCUT2D eigenvalue weighted by Crippen LogP contribution is 2.38. The van der Waals surface area contributed by atoms with Crippen molar-refractivity contribution in [2.75, 3.05) is 18.5 Å². The Balaban J connectivity index is 2.54. The van der Waals surface area contributed by atoms with Gasteiger partial charge in [0.25, 0.3) is 0 Å². The van der Waals surface area contributed by atoms with Gasteiger partial charge in [-0.3, -0.25) is 10.2 Å². The number of esters is 1. The van der Waals surface area contributed by atoms with Crippen molar-refractivity contribution in [1.29, 1.82) is 5.41 Å². The molecule has 0 aliphatic heterocycles. The van der Waals surface area contributed by atoms with Gasteiger partial charge in [0, 0.05) is 23.7 Å². The van der Waals surface area contributed by atoms with E-state index in [1.54, 1.807) is 24.3 Å². The molecule has 0 saturated heterocycles. The third-order valence-corrected chi connectivity index (χ3v) is 5.59. The molecular weight excluding hydrogens is 434 g/mol. The predicted octanol–water partition coefficient (Wildman–Crippen LogP) is 4.62. The number of hydrogen-bond acceptors (Lipinski definition) is 6. The smallest absolute Gasteiger partial charge is 0.330 e. The number of aliphatic carboxylic acids is 1. The van der Waals surface area contributed by atoms with E-state index in [0.717, 1.165) is 30.4 Å². The number of nitrogen functional groups attached to an aromatic ring is 1. The molecule has 2 rings (SSSR count). The molecule has 0 amide bonds. The van der Waals surface area contributed by atoms with Gasteiger partial charge in [-0.2, -0.15) is 0 Å². The van der Waals surface area contributed by atoms with Crippen molar-refractivity contribution in [1.82, 2.24) is 0 Å². The Morgan fingerprint density at radius 1 is 1.12 bits per heavy atom. The highest BCUT2D eigenvalue weighted by Gasteiger charge is 2.27. The van der Waals surface area contributed by atoms with Crippen LogP contribution in [0.2, 0.25) is 0 Å². The fourth-order valence-corrected chi connectivity index (χ4v) is 3.65. The number of amidine groups is 1. The third-order valence-electron chi connectivity index (χ3n) is 5.59. The molecular formula is C26H35N3O5. The zero-order valence-electron chi connectivity index (χ0n) is 20.3. The third kappa shape index (κ3) is 7.23. The summed E-state index contributed by atoms with van der Waals surface area (Å²) in [7, 11) is 0. The highest BCUT2D eigenvalue weighted by atomic mass is 16.6. The van der Waals surface area contributed by atoms with Crippen molar-refractivity contribution in [2.24, 2.45) is 5.73 Å². The van der Waals surface area contributed by atoms with E-state index >= 15 is 0 Å². The fourth-order valence-electron chi connectivity index (χ4n) is 3.65. The number of rotatable bonds is 13. The zero-order valence-corrected chi connectivity index (χ0v) is 20.3. The number of anilines is 1. The minimum absolute atomic E-state index is 0.0599. The quantitative estimate of drug-likeness (QED) is 0.145. The Kier molecular flexibility index (Phi) is 9.92. The monoisotopic (exact) mass is 469 g/mol. The molecule has 0 radical (unpaired) electrons. The largest absolute Gasteiger partial charge is 0.489 e. The van der Waals surface area contributed by atoms with Crippen molar-refractivity contribution < 1.29 is 24.2 Å². The molecule has 2 unspecified atom stereocenters. The Hall–Kier alpha value is -3.55. The number of nitrogens with one attached hydrogen (secondary N) is 2. The van der Waals surface area contributed by atoms with E-state index in [0.29, 0.717) is 22.6 Å². The van der Waals surface area contributed by atoms with Crippen molar-refractivity contribution in [3.05, 3.63) is 58.7 Å². The molecule has 0 spiro atoms. The normalized spacial score (nSPS) is 12.5. The van der Waals surface area contributed by atoms with Crippen LogP contribution in [0.1, 0.15) is 74.8 Å². The summed E-state index contributed by atoms with van der Waals surface area (Å²) in [6, 6.07) is 9.61. The molecule has 8 nitrogen and oxygen atoms in total. The van der Waals surface area contributed by atoms with E-state index < -0.39 is 18.0 Å². The van der Waals surface area contributed by atoms with Crippen LogP contribution < -0.4 is 15.8 Å². The van der Waals surface area contributed by atoms with Crippen molar-refractivity contribution in [3.8, 4) is 5.75 Å². The molecule has 0 aromatic heterocycles. The maximum absolute atomic E-state index is 12.4. The second-order valence-corrected chi connectivity index (χ2v) is 8.26. The number of nitrogens with two attached hydrogens (primary N) is 1. The average molecular weight is 470 g/mol. The highest BCUT2D eigenvalue weighted by molar-refractivity contribution is 5.95. The van der Waals surface area contributed by atoms with Crippen LogP contribution in [-0.4, -0.2) is 36.1 Å². The summed E-state index contributed by atoms with van der Waals surface area (Å²) in [5, 5.41) is 20.8. The van der Waals surface area contributed by atoms with Gasteiger partial charge in [0.2, 0.25) is 0 Å². The van der Waals surface area contributed by atoms with Gasteiger partial charge in [-0.05, 0) is 60.2 Å². The summed E-state index contributed by atoms with van der Waals surface area (Å²) in [5.41, 5.74) is 9.15. The summed E-state index contributed by atoms with van der Waals surface area (Å²) in [4.78, 5) is 23.6. The fraction of sp³-hybridized carbons (Fsp3) is 0.423. The molecule has 2 atom stereocenters. The van der Waals surface area contributed by atoms with Crippen LogP contribution in [0, 0.1) is 5.41 Å². The van der Waals surface area contributed by atoms with Gasteiger partial charge in [0.15, 0.2) is 6.04 Å². The average Bonchev–Trinajstić information content (AvgIpc) is 2.80. The number of carbonyl (C=O) groups is 2. The number of carboxylic acid groups (broad SMARTS) is 1. The van der Waals surface area contributed by atoms with Crippen molar-refractivity contribution in [3.63, 3.8) is 0 Å². The lowest BCUT2D eigenvalue weighted by Crippen LogP contribution is -2.23. The molecule has 8 heteroatoms. The number of hydrogen-bond donors (Lipinski definition) is 4. The number of carbonyl (C=O) groups excluding carboxylic acids is 1. The Morgan fingerprint density at radius 2 is 1.76 bits per heavy atom. The molecule has 0 aliphatic carbocycles. The molecule has 0 fully saturated rings. The number of aryl methyl sites for hydroxylation is 1. The number of ether oxygens (including phenoxy) is 2. The van der Waals surface area contributed by atoms with Crippen LogP contribution in [-0.2, 0) is 20.7 Å². The Morgan fingerprint density at radius 3 is 2.29 bits per heavy atom.